The number of aromatic carboxylic acids is 1. The van der Waals surface area contributed by atoms with Crippen LogP contribution < -0.4 is 4.90 Å². The highest BCUT2D eigenvalue weighted by atomic mass is 35.5. The number of benzene rings is 1. The van der Waals surface area contributed by atoms with Crippen LogP contribution in [0.25, 0.3) is 10.2 Å². The molecule has 0 bridgehead atoms. The van der Waals surface area contributed by atoms with E-state index in [9.17, 15) is 4.79 Å². The van der Waals surface area contributed by atoms with Gasteiger partial charge in [0.1, 0.15) is 0 Å². The first-order chi connectivity index (χ1) is 13.0. The average Bonchev–Trinajstić information content (AvgIpc) is 3.09. The number of thiazole rings is 1. The minimum atomic E-state index is -1.02. The molecule has 1 aromatic carbocycles. The second kappa shape index (κ2) is 7.48. The van der Waals surface area contributed by atoms with Crippen LogP contribution in [0.1, 0.15) is 47.4 Å². The van der Waals surface area contributed by atoms with Gasteiger partial charge in [0.2, 0.25) is 0 Å². The number of anilines is 1. The van der Waals surface area contributed by atoms with Crippen molar-refractivity contribution in [2.24, 2.45) is 0 Å². The zero-order chi connectivity index (χ0) is 19.0. The van der Waals surface area contributed by atoms with Crippen LogP contribution in [0.2, 0.25) is 5.02 Å². The van der Waals surface area contributed by atoms with Crippen molar-refractivity contribution in [3.05, 3.63) is 40.2 Å². The highest BCUT2D eigenvalue weighted by Gasteiger charge is 2.18. The molecule has 1 fully saturated rings. The molecule has 0 saturated carbocycles. The first kappa shape index (κ1) is 18.3. The summed E-state index contributed by atoms with van der Waals surface area (Å²) in [5.41, 5.74) is 2.73. The summed E-state index contributed by atoms with van der Waals surface area (Å²) in [4.78, 5) is 18.5. The summed E-state index contributed by atoms with van der Waals surface area (Å²) in [6, 6.07) is 5.43. The fourth-order valence-electron chi connectivity index (χ4n) is 3.50. The predicted octanol–water partition coefficient (Wildman–Crippen LogP) is 4.58. The van der Waals surface area contributed by atoms with Crippen LogP contribution in [0.15, 0.2) is 18.2 Å². The van der Waals surface area contributed by atoms with Crippen LogP contribution in [-0.4, -0.2) is 38.9 Å². The summed E-state index contributed by atoms with van der Waals surface area (Å²) < 4.78 is 2.75. The number of carboxylic acid groups (broad SMARTS) is 1. The zero-order valence-corrected chi connectivity index (χ0v) is 16.7. The van der Waals surface area contributed by atoms with E-state index < -0.39 is 5.97 Å². The van der Waals surface area contributed by atoms with Crippen LogP contribution >= 0.6 is 22.9 Å². The number of aromatic nitrogens is 3. The summed E-state index contributed by atoms with van der Waals surface area (Å²) in [7, 11) is 0. The maximum Gasteiger partial charge on any atom is 0.356 e. The van der Waals surface area contributed by atoms with E-state index in [0.717, 1.165) is 39.7 Å². The Hall–Kier alpha value is -2.12. The van der Waals surface area contributed by atoms with E-state index in [4.69, 9.17) is 21.7 Å². The molecule has 142 valence electrons. The molecule has 0 spiro atoms. The van der Waals surface area contributed by atoms with Gasteiger partial charge in [-0.15, -0.1) is 0 Å². The third-order valence-corrected chi connectivity index (χ3v) is 6.21. The highest BCUT2D eigenvalue weighted by Crippen LogP contribution is 2.34. The molecule has 2 aromatic heterocycles. The minimum Gasteiger partial charge on any atom is -0.476 e. The molecule has 3 heterocycles. The van der Waals surface area contributed by atoms with E-state index >= 15 is 0 Å². The van der Waals surface area contributed by atoms with Gasteiger partial charge in [-0.05, 0) is 38.0 Å². The molecule has 6 nitrogen and oxygen atoms in total. The summed E-state index contributed by atoms with van der Waals surface area (Å²) >= 11 is 8.02. The molecule has 0 atom stereocenters. The molecule has 0 amide bonds. The van der Waals surface area contributed by atoms with Gasteiger partial charge < -0.3 is 10.0 Å². The lowest BCUT2D eigenvalue weighted by Crippen LogP contribution is -2.23. The molecule has 1 N–H and O–H groups in total. The summed E-state index contributed by atoms with van der Waals surface area (Å²) in [6.45, 7) is 4.39. The molecular weight excluding hydrogens is 384 g/mol. The Morgan fingerprint density at radius 3 is 2.63 bits per heavy atom. The van der Waals surface area contributed by atoms with E-state index in [2.05, 4.69) is 10.00 Å². The van der Waals surface area contributed by atoms with E-state index in [0.29, 0.717) is 11.6 Å². The molecule has 8 heteroatoms. The minimum absolute atomic E-state index is 0.0503. The number of hydrogen-bond acceptors (Lipinski definition) is 5. The van der Waals surface area contributed by atoms with Gasteiger partial charge in [0, 0.05) is 29.4 Å². The standard InChI is InChI=1S/C19H21ClN4O2S/c1-12-8-15(18(25)26)22-24(12)11-13-9-14(20)10-16-17(13)21-19(27-16)23-6-4-2-3-5-7-23/h8-10H,2-7,11H2,1H3,(H,25,26). The Balaban J connectivity index is 1.71. The molecule has 0 radical (unpaired) electrons. The Labute approximate surface area is 166 Å². The molecule has 1 aliphatic heterocycles. The maximum atomic E-state index is 11.2. The number of fused-ring (bicyclic) bond motifs is 1. The largest absolute Gasteiger partial charge is 0.476 e. The van der Waals surface area contributed by atoms with Crippen molar-refractivity contribution in [3.63, 3.8) is 0 Å². The van der Waals surface area contributed by atoms with E-state index in [-0.39, 0.29) is 5.69 Å². The number of halogens is 1. The number of nitrogens with zero attached hydrogens (tertiary/aromatic N) is 4. The Morgan fingerprint density at radius 2 is 1.96 bits per heavy atom. The van der Waals surface area contributed by atoms with Crippen LogP contribution in [0.4, 0.5) is 5.13 Å². The third kappa shape index (κ3) is 3.80. The van der Waals surface area contributed by atoms with Gasteiger partial charge in [-0.2, -0.15) is 5.10 Å². The lowest BCUT2D eigenvalue weighted by Gasteiger charge is -2.18. The quantitative estimate of drug-likeness (QED) is 0.689. The molecule has 27 heavy (non-hydrogen) atoms. The highest BCUT2D eigenvalue weighted by molar-refractivity contribution is 7.22. The Bertz CT molecular complexity index is 989. The lowest BCUT2D eigenvalue weighted by atomic mass is 10.2. The Kier molecular flexibility index (Phi) is 5.06. The Morgan fingerprint density at radius 1 is 1.22 bits per heavy atom. The number of carboxylic acids is 1. The number of aryl methyl sites for hydroxylation is 1. The van der Waals surface area contributed by atoms with Gasteiger partial charge in [-0.25, -0.2) is 9.78 Å². The molecule has 4 rings (SSSR count). The van der Waals surface area contributed by atoms with Crippen LogP contribution in [-0.2, 0) is 6.54 Å². The number of carbonyl (C=O) groups is 1. The van der Waals surface area contributed by atoms with Gasteiger partial charge in [0.25, 0.3) is 0 Å². The van der Waals surface area contributed by atoms with Crippen molar-refractivity contribution in [2.45, 2.75) is 39.2 Å². The summed E-state index contributed by atoms with van der Waals surface area (Å²) in [5.74, 6) is -1.02. The second-order valence-electron chi connectivity index (χ2n) is 6.94. The van der Waals surface area contributed by atoms with Gasteiger partial charge in [0.05, 0.1) is 16.8 Å². The van der Waals surface area contributed by atoms with Crippen LogP contribution in [0.3, 0.4) is 0 Å². The fraction of sp³-hybridized carbons (Fsp3) is 0.421. The molecule has 0 aliphatic carbocycles. The molecule has 1 aliphatic rings. The first-order valence-corrected chi connectivity index (χ1v) is 10.3. The van der Waals surface area contributed by atoms with Gasteiger partial charge >= 0.3 is 5.97 Å². The number of hydrogen-bond donors (Lipinski definition) is 1. The average molecular weight is 405 g/mol. The van der Waals surface area contributed by atoms with Crippen molar-refractivity contribution in [1.82, 2.24) is 14.8 Å². The van der Waals surface area contributed by atoms with Crippen molar-refractivity contribution >= 4 is 44.3 Å². The molecule has 3 aromatic rings. The van der Waals surface area contributed by atoms with Gasteiger partial charge in [0.15, 0.2) is 10.8 Å². The second-order valence-corrected chi connectivity index (χ2v) is 8.39. The first-order valence-electron chi connectivity index (χ1n) is 9.13. The molecule has 1 saturated heterocycles. The zero-order valence-electron chi connectivity index (χ0n) is 15.1. The molecular formula is C19H21ClN4O2S. The van der Waals surface area contributed by atoms with Crippen LogP contribution in [0, 0.1) is 6.92 Å². The van der Waals surface area contributed by atoms with E-state index in [1.54, 1.807) is 22.1 Å². The summed E-state index contributed by atoms with van der Waals surface area (Å²) in [5, 5.41) is 15.1. The number of rotatable bonds is 4. The third-order valence-electron chi connectivity index (χ3n) is 4.92. The smallest absolute Gasteiger partial charge is 0.356 e. The lowest BCUT2D eigenvalue weighted by molar-refractivity contribution is 0.0689. The van der Waals surface area contributed by atoms with Crippen molar-refractivity contribution in [2.75, 3.05) is 18.0 Å². The fourth-order valence-corrected chi connectivity index (χ4v) is 4.91. The predicted molar refractivity (Wildman–Crippen MR) is 108 cm³/mol. The van der Waals surface area contributed by atoms with Gasteiger partial charge in [-0.1, -0.05) is 35.8 Å². The van der Waals surface area contributed by atoms with Crippen molar-refractivity contribution < 1.29 is 9.90 Å². The van der Waals surface area contributed by atoms with Crippen molar-refractivity contribution in [3.8, 4) is 0 Å². The monoisotopic (exact) mass is 404 g/mol. The van der Waals surface area contributed by atoms with Crippen molar-refractivity contribution in [1.29, 1.82) is 0 Å². The normalized spacial score (nSPS) is 15.3. The SMILES string of the molecule is Cc1cc(C(=O)O)nn1Cc1cc(Cl)cc2sc(N3CCCCCC3)nc12. The molecule has 0 unspecified atom stereocenters. The van der Waals surface area contributed by atoms with Crippen LogP contribution in [0.5, 0.6) is 0 Å². The summed E-state index contributed by atoms with van der Waals surface area (Å²) in [6.07, 6.45) is 4.97. The topological polar surface area (TPSA) is 71.2 Å². The van der Waals surface area contributed by atoms with Gasteiger partial charge in [-0.3, -0.25) is 4.68 Å². The van der Waals surface area contributed by atoms with E-state index in [1.807, 2.05) is 19.1 Å². The maximum absolute atomic E-state index is 11.2. The van der Waals surface area contributed by atoms with E-state index in [1.165, 1.54) is 25.7 Å².